The van der Waals surface area contributed by atoms with E-state index in [9.17, 15) is 9.59 Å². The molecule has 1 aliphatic carbocycles. The van der Waals surface area contributed by atoms with Gasteiger partial charge in [-0.1, -0.05) is 0 Å². The molecule has 1 aliphatic rings. The fourth-order valence-corrected chi connectivity index (χ4v) is 3.36. The van der Waals surface area contributed by atoms with E-state index in [1.807, 2.05) is 18.4 Å². The number of carboxylic acid groups (broad SMARTS) is 1. The van der Waals surface area contributed by atoms with E-state index < -0.39 is 6.09 Å². The summed E-state index contributed by atoms with van der Waals surface area (Å²) in [5.74, 6) is 0.377. The lowest BCUT2D eigenvalue weighted by molar-refractivity contribution is 0.189. The average molecular weight is 311 g/mol. The van der Waals surface area contributed by atoms with Crippen LogP contribution in [-0.4, -0.2) is 29.8 Å². The number of nitrogens with one attached hydrogen (secondary N) is 3. The van der Waals surface area contributed by atoms with Gasteiger partial charge in [-0.3, -0.25) is 5.32 Å². The maximum absolute atomic E-state index is 11.9. The van der Waals surface area contributed by atoms with Crippen LogP contribution in [0.25, 0.3) is 0 Å². The molecule has 6 nitrogen and oxygen atoms in total. The summed E-state index contributed by atoms with van der Waals surface area (Å²) in [4.78, 5) is 22.3. The lowest BCUT2D eigenvalue weighted by Crippen LogP contribution is -2.41. The summed E-state index contributed by atoms with van der Waals surface area (Å²) >= 11 is 1.51. The second kappa shape index (κ2) is 7.31. The van der Waals surface area contributed by atoms with Crippen LogP contribution in [0.1, 0.15) is 31.2 Å². The molecule has 2 rings (SSSR count). The van der Waals surface area contributed by atoms with Crippen molar-refractivity contribution >= 4 is 28.5 Å². The predicted octanol–water partition coefficient (Wildman–Crippen LogP) is 3.00. The highest BCUT2D eigenvalue weighted by Crippen LogP contribution is 2.24. The second-order valence-electron chi connectivity index (χ2n) is 5.49. The highest BCUT2D eigenvalue weighted by Gasteiger charge is 2.22. The summed E-state index contributed by atoms with van der Waals surface area (Å²) in [6.07, 6.45) is 2.68. The van der Waals surface area contributed by atoms with Gasteiger partial charge in [0.05, 0.1) is 5.00 Å². The molecule has 1 fully saturated rings. The third-order valence-corrected chi connectivity index (χ3v) is 4.65. The van der Waals surface area contributed by atoms with Gasteiger partial charge < -0.3 is 15.7 Å². The topological polar surface area (TPSA) is 90.5 Å². The minimum atomic E-state index is -0.971. The molecule has 0 aromatic carbocycles. The largest absolute Gasteiger partial charge is 0.465 e. The minimum absolute atomic E-state index is 0.163. The van der Waals surface area contributed by atoms with E-state index in [4.69, 9.17) is 5.11 Å². The highest BCUT2D eigenvalue weighted by molar-refractivity contribution is 7.14. The number of carbonyl (C=O) groups is 2. The van der Waals surface area contributed by atoms with Gasteiger partial charge >= 0.3 is 12.1 Å². The molecule has 0 spiro atoms. The zero-order valence-corrected chi connectivity index (χ0v) is 12.8. The molecule has 0 saturated heterocycles. The van der Waals surface area contributed by atoms with Crippen molar-refractivity contribution in [1.29, 1.82) is 0 Å². The van der Waals surface area contributed by atoms with Crippen molar-refractivity contribution in [3.63, 3.8) is 0 Å². The number of urea groups is 1. The molecule has 1 aromatic rings. The molecule has 1 aromatic heterocycles. The maximum Gasteiger partial charge on any atom is 0.404 e. The van der Waals surface area contributed by atoms with Gasteiger partial charge in [0.2, 0.25) is 0 Å². The maximum atomic E-state index is 11.9. The van der Waals surface area contributed by atoms with Gasteiger partial charge in [-0.25, -0.2) is 9.59 Å². The molecule has 1 heterocycles. The fourth-order valence-electron chi connectivity index (χ4n) is 2.57. The highest BCUT2D eigenvalue weighted by atomic mass is 32.1. The van der Waals surface area contributed by atoms with Crippen LogP contribution in [-0.2, 0) is 0 Å². The standard InChI is InChI=1S/C14H21N3O3S/c1-9-6-12(21-8-9)17-13(18)16-11-4-2-10(3-5-11)7-15-14(19)20/h6,8,10-11,15H,2-5,7H2,1H3,(H,19,20)(H2,16,17,18). The van der Waals surface area contributed by atoms with E-state index >= 15 is 0 Å². The molecule has 7 heteroatoms. The molecule has 3 amide bonds. The summed E-state index contributed by atoms with van der Waals surface area (Å²) in [6.45, 7) is 2.49. The Hall–Kier alpha value is -1.76. The number of anilines is 1. The van der Waals surface area contributed by atoms with Gasteiger partial charge in [-0.15, -0.1) is 11.3 Å². The normalized spacial score (nSPS) is 21.6. The Labute approximate surface area is 127 Å². The summed E-state index contributed by atoms with van der Waals surface area (Å²) in [7, 11) is 0. The van der Waals surface area contributed by atoms with Crippen LogP contribution in [0.4, 0.5) is 14.6 Å². The number of rotatable bonds is 4. The lowest BCUT2D eigenvalue weighted by atomic mass is 9.86. The first-order chi connectivity index (χ1) is 10.0. The molecule has 0 atom stereocenters. The summed E-state index contributed by atoms with van der Waals surface area (Å²) in [5.41, 5.74) is 1.14. The Bertz CT molecular complexity index is 495. The van der Waals surface area contributed by atoms with Crippen LogP contribution in [0.2, 0.25) is 0 Å². The van der Waals surface area contributed by atoms with Crippen LogP contribution in [0.15, 0.2) is 11.4 Å². The van der Waals surface area contributed by atoms with Crippen molar-refractivity contribution < 1.29 is 14.7 Å². The Balaban J connectivity index is 1.68. The van der Waals surface area contributed by atoms with Crippen LogP contribution >= 0.6 is 11.3 Å². The smallest absolute Gasteiger partial charge is 0.404 e. The first-order valence-corrected chi connectivity index (χ1v) is 8.00. The number of hydrogen-bond acceptors (Lipinski definition) is 3. The van der Waals surface area contributed by atoms with Gasteiger partial charge in [-0.05, 0) is 55.5 Å². The van der Waals surface area contributed by atoms with Gasteiger partial charge in [0.1, 0.15) is 0 Å². The number of hydrogen-bond donors (Lipinski definition) is 4. The van der Waals surface area contributed by atoms with Crippen LogP contribution in [0.3, 0.4) is 0 Å². The fraction of sp³-hybridized carbons (Fsp3) is 0.571. The van der Waals surface area contributed by atoms with Gasteiger partial charge in [0.15, 0.2) is 0 Å². The first kappa shape index (κ1) is 15.6. The van der Waals surface area contributed by atoms with E-state index in [0.717, 1.165) is 36.2 Å². The molecule has 0 unspecified atom stereocenters. The molecule has 0 bridgehead atoms. The number of amides is 3. The molecular weight excluding hydrogens is 290 g/mol. The van der Waals surface area contributed by atoms with Gasteiger partial charge in [0, 0.05) is 12.6 Å². The van der Waals surface area contributed by atoms with Gasteiger partial charge in [0.25, 0.3) is 0 Å². The van der Waals surface area contributed by atoms with Crippen LogP contribution in [0.5, 0.6) is 0 Å². The lowest BCUT2D eigenvalue weighted by Gasteiger charge is -2.28. The van der Waals surface area contributed by atoms with Crippen LogP contribution < -0.4 is 16.0 Å². The molecule has 0 aliphatic heterocycles. The third-order valence-electron chi connectivity index (χ3n) is 3.69. The van der Waals surface area contributed by atoms with Crippen LogP contribution in [0, 0.1) is 12.8 Å². The number of aryl methyl sites for hydroxylation is 1. The molecular formula is C14H21N3O3S. The van der Waals surface area contributed by atoms with Crippen molar-refractivity contribution in [2.45, 2.75) is 38.6 Å². The SMILES string of the molecule is Cc1csc(NC(=O)NC2CCC(CNC(=O)O)CC2)c1. The molecule has 0 radical (unpaired) electrons. The second-order valence-corrected chi connectivity index (χ2v) is 6.40. The molecule has 4 N–H and O–H groups in total. The quantitative estimate of drug-likeness (QED) is 0.689. The first-order valence-electron chi connectivity index (χ1n) is 7.12. The van der Waals surface area contributed by atoms with E-state index in [-0.39, 0.29) is 12.1 Å². The average Bonchev–Trinajstić information content (AvgIpc) is 2.83. The zero-order chi connectivity index (χ0) is 15.2. The van der Waals surface area contributed by atoms with E-state index in [2.05, 4.69) is 16.0 Å². The summed E-state index contributed by atoms with van der Waals surface area (Å²) in [5, 5.41) is 19.7. The summed E-state index contributed by atoms with van der Waals surface area (Å²) in [6, 6.07) is 1.95. The summed E-state index contributed by atoms with van der Waals surface area (Å²) < 4.78 is 0. The zero-order valence-electron chi connectivity index (χ0n) is 12.0. The van der Waals surface area contributed by atoms with Crippen molar-refractivity contribution in [1.82, 2.24) is 10.6 Å². The van der Waals surface area contributed by atoms with E-state index in [1.165, 1.54) is 11.3 Å². The number of carbonyl (C=O) groups excluding carboxylic acids is 1. The Morgan fingerprint density at radius 2 is 2.05 bits per heavy atom. The Morgan fingerprint density at radius 1 is 1.33 bits per heavy atom. The molecule has 116 valence electrons. The number of thiophene rings is 1. The van der Waals surface area contributed by atoms with E-state index in [0.29, 0.717) is 12.5 Å². The van der Waals surface area contributed by atoms with Crippen molar-refractivity contribution in [2.75, 3.05) is 11.9 Å². The van der Waals surface area contributed by atoms with Crippen molar-refractivity contribution in [3.05, 3.63) is 17.0 Å². The monoisotopic (exact) mass is 311 g/mol. The molecule has 1 saturated carbocycles. The van der Waals surface area contributed by atoms with Gasteiger partial charge in [-0.2, -0.15) is 0 Å². The third kappa shape index (κ3) is 5.26. The van der Waals surface area contributed by atoms with Crippen molar-refractivity contribution in [2.24, 2.45) is 5.92 Å². The minimum Gasteiger partial charge on any atom is -0.465 e. The Kier molecular flexibility index (Phi) is 5.44. The molecule has 21 heavy (non-hydrogen) atoms. The van der Waals surface area contributed by atoms with E-state index in [1.54, 1.807) is 0 Å². The van der Waals surface area contributed by atoms with Crippen molar-refractivity contribution in [3.8, 4) is 0 Å². The predicted molar refractivity (Wildman–Crippen MR) is 83.0 cm³/mol. The Morgan fingerprint density at radius 3 is 2.62 bits per heavy atom.